The fourth-order valence-electron chi connectivity index (χ4n) is 4.32. The minimum Gasteiger partial charge on any atom is -0.383 e. The number of anilines is 2. The number of thiophene rings is 1. The fraction of sp³-hybridized carbons (Fsp3) is 0.200. The van der Waals surface area contributed by atoms with Crippen LogP contribution in [0.15, 0.2) is 54.6 Å². The van der Waals surface area contributed by atoms with Crippen molar-refractivity contribution in [2.24, 2.45) is 0 Å². The molecule has 35 heavy (non-hydrogen) atoms. The van der Waals surface area contributed by atoms with E-state index in [0.717, 1.165) is 16.2 Å². The molecule has 5 rings (SSSR count). The SMILES string of the molecule is O=C(Nc1cccc2c1C(=O)N(Cc1cccc(N3CCCC(O)C3=O)c1)C2=O)c1ccc(Cl)s1. The second-order valence-corrected chi connectivity index (χ2v) is 10.0. The molecule has 2 N–H and O–H groups in total. The number of nitrogens with zero attached hydrogens (tertiary/aromatic N) is 2. The summed E-state index contributed by atoms with van der Waals surface area (Å²) in [5.41, 5.74) is 1.86. The van der Waals surface area contributed by atoms with Gasteiger partial charge in [0, 0.05) is 12.2 Å². The van der Waals surface area contributed by atoms with Crippen LogP contribution in [-0.2, 0) is 11.3 Å². The fourth-order valence-corrected chi connectivity index (χ4v) is 5.26. The first-order valence-corrected chi connectivity index (χ1v) is 12.2. The topological polar surface area (TPSA) is 107 Å². The Bertz CT molecular complexity index is 1370. The number of hydrogen-bond donors (Lipinski definition) is 2. The second-order valence-electron chi connectivity index (χ2n) is 8.30. The Morgan fingerprint density at radius 1 is 1.09 bits per heavy atom. The van der Waals surface area contributed by atoms with Gasteiger partial charge >= 0.3 is 0 Å². The number of rotatable bonds is 5. The number of piperidine rings is 1. The third-order valence-electron chi connectivity index (χ3n) is 6.02. The maximum absolute atomic E-state index is 13.3. The molecule has 3 aromatic rings. The van der Waals surface area contributed by atoms with Crippen LogP contribution in [0.4, 0.5) is 11.4 Å². The van der Waals surface area contributed by atoms with E-state index in [-0.39, 0.29) is 29.3 Å². The molecule has 0 saturated carbocycles. The standard InChI is InChI=1S/C25H20ClN3O5S/c26-20-10-9-19(35-20)22(31)27-17-7-2-6-16-21(17)25(34)29(23(16)32)13-14-4-1-5-15(12-14)28-11-3-8-18(30)24(28)33/h1-2,4-7,9-10,12,18,30H,3,8,11,13H2,(H,27,31). The van der Waals surface area contributed by atoms with Crippen molar-refractivity contribution in [2.75, 3.05) is 16.8 Å². The molecule has 0 radical (unpaired) electrons. The maximum atomic E-state index is 13.3. The molecule has 8 nitrogen and oxygen atoms in total. The van der Waals surface area contributed by atoms with Gasteiger partial charge in [0.1, 0.15) is 6.10 Å². The molecule has 4 amide bonds. The highest BCUT2D eigenvalue weighted by Crippen LogP contribution is 2.32. The van der Waals surface area contributed by atoms with Crippen LogP contribution in [0.2, 0.25) is 4.34 Å². The Labute approximate surface area is 209 Å². The zero-order chi connectivity index (χ0) is 24.7. The maximum Gasteiger partial charge on any atom is 0.265 e. The molecule has 1 saturated heterocycles. The van der Waals surface area contributed by atoms with Crippen molar-refractivity contribution in [3.63, 3.8) is 0 Å². The number of aliphatic hydroxyl groups is 1. The van der Waals surface area contributed by atoms with Crippen molar-refractivity contribution < 1.29 is 24.3 Å². The highest BCUT2D eigenvalue weighted by atomic mass is 35.5. The van der Waals surface area contributed by atoms with Gasteiger partial charge in [-0.2, -0.15) is 0 Å². The number of halogens is 1. The summed E-state index contributed by atoms with van der Waals surface area (Å²) in [4.78, 5) is 54.4. The van der Waals surface area contributed by atoms with Crippen LogP contribution in [0.25, 0.3) is 0 Å². The Balaban J connectivity index is 1.38. The number of hydrogen-bond acceptors (Lipinski definition) is 6. The summed E-state index contributed by atoms with van der Waals surface area (Å²) in [6.07, 6.45) is 0.0898. The van der Waals surface area contributed by atoms with Crippen molar-refractivity contribution in [1.29, 1.82) is 0 Å². The van der Waals surface area contributed by atoms with E-state index in [0.29, 0.717) is 39.9 Å². The van der Waals surface area contributed by atoms with Crippen molar-refractivity contribution in [2.45, 2.75) is 25.5 Å². The summed E-state index contributed by atoms with van der Waals surface area (Å²) in [7, 11) is 0. The Morgan fingerprint density at radius 2 is 1.89 bits per heavy atom. The number of carbonyl (C=O) groups excluding carboxylic acids is 4. The van der Waals surface area contributed by atoms with Crippen LogP contribution in [0.1, 0.15) is 48.8 Å². The molecule has 2 aliphatic heterocycles. The number of amides is 4. The summed E-state index contributed by atoms with van der Waals surface area (Å²) >= 11 is 7.03. The molecule has 1 atom stereocenters. The molecular weight excluding hydrogens is 490 g/mol. The third-order valence-corrected chi connectivity index (χ3v) is 7.25. The van der Waals surface area contributed by atoms with Crippen LogP contribution in [0, 0.1) is 0 Å². The van der Waals surface area contributed by atoms with E-state index < -0.39 is 23.8 Å². The minimum absolute atomic E-state index is 0.00130. The number of carbonyl (C=O) groups is 4. The summed E-state index contributed by atoms with van der Waals surface area (Å²) in [6, 6.07) is 14.9. The zero-order valence-corrected chi connectivity index (χ0v) is 19.9. The lowest BCUT2D eigenvalue weighted by atomic mass is 10.1. The molecule has 10 heteroatoms. The van der Waals surface area contributed by atoms with Gasteiger partial charge < -0.3 is 15.3 Å². The lowest BCUT2D eigenvalue weighted by Gasteiger charge is -2.30. The first kappa shape index (κ1) is 23.2. The molecule has 1 unspecified atom stereocenters. The first-order chi connectivity index (χ1) is 16.8. The molecular formula is C25H20ClN3O5S. The van der Waals surface area contributed by atoms with Crippen LogP contribution in [0.3, 0.4) is 0 Å². The van der Waals surface area contributed by atoms with Crippen LogP contribution >= 0.6 is 22.9 Å². The van der Waals surface area contributed by atoms with Gasteiger partial charge in [-0.05, 0) is 54.8 Å². The van der Waals surface area contributed by atoms with Crippen LogP contribution in [-0.4, -0.2) is 46.3 Å². The van der Waals surface area contributed by atoms with Gasteiger partial charge in [-0.15, -0.1) is 11.3 Å². The average molecular weight is 510 g/mol. The highest BCUT2D eigenvalue weighted by Gasteiger charge is 2.38. The zero-order valence-electron chi connectivity index (χ0n) is 18.4. The number of benzene rings is 2. The van der Waals surface area contributed by atoms with E-state index in [2.05, 4.69) is 5.32 Å². The van der Waals surface area contributed by atoms with Gasteiger partial charge in [0.15, 0.2) is 0 Å². The van der Waals surface area contributed by atoms with E-state index in [1.54, 1.807) is 54.6 Å². The van der Waals surface area contributed by atoms with Crippen molar-refractivity contribution in [3.05, 3.63) is 80.5 Å². The van der Waals surface area contributed by atoms with Crippen molar-refractivity contribution >= 4 is 57.9 Å². The van der Waals surface area contributed by atoms with E-state index in [1.807, 2.05) is 0 Å². The molecule has 3 heterocycles. The molecule has 2 aromatic carbocycles. The summed E-state index contributed by atoms with van der Waals surface area (Å²) < 4.78 is 0.467. The molecule has 1 aromatic heterocycles. The number of nitrogens with one attached hydrogen (secondary N) is 1. The number of imide groups is 1. The third kappa shape index (κ3) is 4.34. The van der Waals surface area contributed by atoms with Crippen LogP contribution < -0.4 is 10.2 Å². The monoisotopic (exact) mass is 509 g/mol. The van der Waals surface area contributed by atoms with E-state index in [4.69, 9.17) is 11.6 Å². The lowest BCUT2D eigenvalue weighted by Crippen LogP contribution is -2.44. The van der Waals surface area contributed by atoms with Gasteiger partial charge in [-0.3, -0.25) is 24.1 Å². The highest BCUT2D eigenvalue weighted by molar-refractivity contribution is 7.18. The lowest BCUT2D eigenvalue weighted by molar-refractivity contribution is -0.128. The predicted molar refractivity (Wildman–Crippen MR) is 132 cm³/mol. The van der Waals surface area contributed by atoms with Crippen molar-refractivity contribution in [3.8, 4) is 0 Å². The molecule has 178 valence electrons. The van der Waals surface area contributed by atoms with E-state index in [9.17, 15) is 24.3 Å². The van der Waals surface area contributed by atoms with E-state index >= 15 is 0 Å². The average Bonchev–Trinajstić information content (AvgIpc) is 3.39. The molecule has 0 aliphatic carbocycles. The normalized spacial score (nSPS) is 17.7. The van der Waals surface area contributed by atoms with Crippen molar-refractivity contribution in [1.82, 2.24) is 4.90 Å². The minimum atomic E-state index is -1.03. The quantitative estimate of drug-likeness (QED) is 0.507. The molecule has 1 fully saturated rings. The second kappa shape index (κ2) is 9.26. The largest absolute Gasteiger partial charge is 0.383 e. The first-order valence-electron chi connectivity index (χ1n) is 11.0. The predicted octanol–water partition coefficient (Wildman–Crippen LogP) is 3.94. The van der Waals surface area contributed by atoms with Gasteiger partial charge in [-0.1, -0.05) is 29.8 Å². The van der Waals surface area contributed by atoms with E-state index in [1.165, 1.54) is 4.90 Å². The Hall–Kier alpha value is -3.53. The van der Waals surface area contributed by atoms with Gasteiger partial charge in [-0.25, -0.2) is 0 Å². The molecule has 0 spiro atoms. The molecule has 2 aliphatic rings. The van der Waals surface area contributed by atoms with Gasteiger partial charge in [0.2, 0.25) is 0 Å². The number of aliphatic hydroxyl groups excluding tert-OH is 1. The number of fused-ring (bicyclic) bond motifs is 1. The Morgan fingerprint density at radius 3 is 2.66 bits per heavy atom. The van der Waals surface area contributed by atoms with Crippen LogP contribution in [0.5, 0.6) is 0 Å². The summed E-state index contributed by atoms with van der Waals surface area (Å²) in [5.74, 6) is -1.76. The summed E-state index contributed by atoms with van der Waals surface area (Å²) in [5, 5.41) is 12.6. The van der Waals surface area contributed by atoms with Gasteiger partial charge in [0.25, 0.3) is 23.6 Å². The smallest absolute Gasteiger partial charge is 0.265 e. The summed E-state index contributed by atoms with van der Waals surface area (Å²) in [6.45, 7) is 0.490. The Kier molecular flexibility index (Phi) is 6.14. The molecule has 0 bridgehead atoms. The van der Waals surface area contributed by atoms with Gasteiger partial charge in [0.05, 0.1) is 32.6 Å².